The minimum absolute atomic E-state index is 0.00244. The van der Waals surface area contributed by atoms with Gasteiger partial charge < -0.3 is 20.5 Å². The van der Waals surface area contributed by atoms with Gasteiger partial charge in [-0.05, 0) is 34.6 Å². The largest absolute Gasteiger partial charge is 0.481 e. The lowest BCUT2D eigenvalue weighted by molar-refractivity contribution is -0.138. The number of hydrogen-bond donors (Lipinski definition) is 3. The number of ether oxygens (including phenoxy) is 1. The Morgan fingerprint density at radius 1 is 1.00 bits per heavy atom. The first kappa shape index (κ1) is 25.3. The third-order valence-electron chi connectivity index (χ3n) is 6.17. The van der Waals surface area contributed by atoms with Gasteiger partial charge in [-0.2, -0.15) is 0 Å². The molecule has 7 nitrogen and oxygen atoms in total. The highest BCUT2D eigenvalue weighted by atomic mass is 16.5. The molecule has 1 unspecified atom stereocenters. The summed E-state index contributed by atoms with van der Waals surface area (Å²) in [7, 11) is 0. The molecule has 34 heavy (non-hydrogen) atoms. The van der Waals surface area contributed by atoms with E-state index in [1.807, 2.05) is 24.3 Å². The normalized spacial score (nSPS) is 13.9. The van der Waals surface area contributed by atoms with Crippen molar-refractivity contribution in [3.8, 4) is 11.1 Å². The van der Waals surface area contributed by atoms with Crippen molar-refractivity contribution < 1.29 is 24.2 Å². The highest BCUT2D eigenvalue weighted by molar-refractivity contribution is 5.79. The molecule has 3 rings (SSSR count). The van der Waals surface area contributed by atoms with Gasteiger partial charge in [-0.1, -0.05) is 75.2 Å². The van der Waals surface area contributed by atoms with E-state index < -0.39 is 12.1 Å². The number of amides is 2. The summed E-state index contributed by atoms with van der Waals surface area (Å²) >= 11 is 0. The smallest absolute Gasteiger partial charge is 0.407 e. The molecule has 7 heteroatoms. The number of carboxylic acids is 1. The molecule has 0 saturated heterocycles. The lowest BCUT2D eigenvalue weighted by Gasteiger charge is -2.20. The number of carboxylic acid groups (broad SMARTS) is 1. The highest BCUT2D eigenvalue weighted by Crippen LogP contribution is 2.44. The maximum atomic E-state index is 12.6. The molecule has 0 fully saturated rings. The first-order chi connectivity index (χ1) is 16.4. The minimum Gasteiger partial charge on any atom is -0.481 e. The van der Waals surface area contributed by atoms with Crippen LogP contribution in [0.4, 0.5) is 4.79 Å². The van der Waals surface area contributed by atoms with E-state index in [4.69, 9.17) is 9.84 Å². The van der Waals surface area contributed by atoms with Gasteiger partial charge in [0.1, 0.15) is 6.61 Å². The van der Waals surface area contributed by atoms with Crippen LogP contribution in [0.2, 0.25) is 0 Å². The van der Waals surface area contributed by atoms with Crippen molar-refractivity contribution in [3.63, 3.8) is 0 Å². The zero-order valence-corrected chi connectivity index (χ0v) is 19.9. The zero-order chi connectivity index (χ0) is 24.5. The van der Waals surface area contributed by atoms with Gasteiger partial charge in [0.25, 0.3) is 0 Å². The van der Waals surface area contributed by atoms with E-state index in [0.717, 1.165) is 24.0 Å². The fourth-order valence-electron chi connectivity index (χ4n) is 4.44. The Labute approximate surface area is 200 Å². The van der Waals surface area contributed by atoms with E-state index in [-0.39, 0.29) is 49.8 Å². The van der Waals surface area contributed by atoms with E-state index in [1.165, 1.54) is 11.1 Å². The Morgan fingerprint density at radius 3 is 2.21 bits per heavy atom. The predicted octanol–water partition coefficient (Wildman–Crippen LogP) is 4.70. The molecule has 0 bridgehead atoms. The number of alkyl carbamates (subject to hydrolysis) is 1. The third kappa shape index (κ3) is 6.83. The van der Waals surface area contributed by atoms with Crippen LogP contribution >= 0.6 is 0 Å². The number of fused-ring (bicyclic) bond motifs is 3. The van der Waals surface area contributed by atoms with Gasteiger partial charge in [0.15, 0.2) is 0 Å². The topological polar surface area (TPSA) is 105 Å². The number of nitrogens with one attached hydrogen (secondary N) is 2. The van der Waals surface area contributed by atoms with Crippen LogP contribution in [-0.2, 0) is 14.3 Å². The summed E-state index contributed by atoms with van der Waals surface area (Å²) in [5.74, 6) is -1.28. The second-order valence-electron chi connectivity index (χ2n) is 9.02. The fraction of sp³-hybridized carbons (Fsp3) is 0.444. The van der Waals surface area contributed by atoms with Crippen molar-refractivity contribution in [2.75, 3.05) is 13.2 Å². The predicted molar refractivity (Wildman–Crippen MR) is 131 cm³/mol. The van der Waals surface area contributed by atoms with E-state index in [0.29, 0.717) is 6.42 Å². The highest BCUT2D eigenvalue weighted by Gasteiger charge is 2.29. The molecule has 2 atom stereocenters. The minimum atomic E-state index is -0.889. The Kier molecular flexibility index (Phi) is 9.08. The van der Waals surface area contributed by atoms with Crippen molar-refractivity contribution in [3.05, 3.63) is 59.7 Å². The van der Waals surface area contributed by atoms with Gasteiger partial charge in [-0.3, -0.25) is 9.59 Å². The monoisotopic (exact) mass is 466 g/mol. The molecule has 0 radical (unpaired) electrons. The molecule has 2 aromatic rings. The Bertz CT molecular complexity index is 961. The number of benzene rings is 2. The second kappa shape index (κ2) is 12.2. The number of hydrogen-bond acceptors (Lipinski definition) is 4. The van der Waals surface area contributed by atoms with Gasteiger partial charge in [-0.15, -0.1) is 0 Å². The van der Waals surface area contributed by atoms with Crippen LogP contribution in [0.1, 0.15) is 63.0 Å². The standard InChI is InChI=1S/C27H34N2O5/c1-3-4-9-19(15-25(30)28-16-18(2)14-26(31)32)29-27(33)34-17-24-22-12-7-5-10-20(22)21-11-6-8-13-23(21)24/h5-8,10-13,18-19,24H,3-4,9,14-17H2,1-2H3,(H,28,30)(H,29,33)(H,31,32)/t18?,19-/m0/s1. The van der Waals surface area contributed by atoms with Crippen LogP contribution in [0.5, 0.6) is 0 Å². The number of carbonyl (C=O) groups excluding carboxylic acids is 2. The molecular formula is C27H34N2O5. The van der Waals surface area contributed by atoms with Crippen LogP contribution in [0, 0.1) is 5.92 Å². The molecule has 0 spiro atoms. The number of aliphatic carboxylic acids is 1. The first-order valence-electron chi connectivity index (χ1n) is 12.0. The molecule has 0 aromatic heterocycles. The van der Waals surface area contributed by atoms with Gasteiger partial charge in [0.05, 0.1) is 0 Å². The average molecular weight is 467 g/mol. The summed E-state index contributed by atoms with van der Waals surface area (Å²) in [5, 5.41) is 14.5. The van der Waals surface area contributed by atoms with E-state index in [2.05, 4.69) is 41.8 Å². The molecule has 0 aliphatic heterocycles. The van der Waals surface area contributed by atoms with E-state index in [1.54, 1.807) is 6.92 Å². The van der Waals surface area contributed by atoms with Crippen molar-refractivity contribution in [1.29, 1.82) is 0 Å². The fourth-order valence-corrected chi connectivity index (χ4v) is 4.44. The molecular weight excluding hydrogens is 432 g/mol. The lowest BCUT2D eigenvalue weighted by Crippen LogP contribution is -2.40. The van der Waals surface area contributed by atoms with Gasteiger partial charge in [0.2, 0.25) is 5.91 Å². The molecule has 0 heterocycles. The van der Waals surface area contributed by atoms with Crippen molar-refractivity contribution in [2.24, 2.45) is 5.92 Å². The molecule has 1 aliphatic rings. The molecule has 1 aliphatic carbocycles. The number of unbranched alkanes of at least 4 members (excludes halogenated alkanes) is 1. The molecule has 2 aromatic carbocycles. The Hall–Kier alpha value is -3.35. The van der Waals surface area contributed by atoms with Gasteiger partial charge >= 0.3 is 12.1 Å². The third-order valence-corrected chi connectivity index (χ3v) is 6.17. The van der Waals surface area contributed by atoms with E-state index in [9.17, 15) is 14.4 Å². The summed E-state index contributed by atoms with van der Waals surface area (Å²) in [6.07, 6.45) is 2.08. The summed E-state index contributed by atoms with van der Waals surface area (Å²) in [4.78, 5) is 35.8. The van der Waals surface area contributed by atoms with Crippen molar-refractivity contribution in [2.45, 2.75) is 57.9 Å². The number of carbonyl (C=O) groups is 3. The Balaban J connectivity index is 1.55. The molecule has 0 saturated carbocycles. The second-order valence-corrected chi connectivity index (χ2v) is 9.02. The summed E-state index contributed by atoms with van der Waals surface area (Å²) < 4.78 is 5.63. The van der Waals surface area contributed by atoms with Gasteiger partial charge in [-0.25, -0.2) is 4.79 Å². The summed E-state index contributed by atoms with van der Waals surface area (Å²) in [6, 6.07) is 16.0. The maximum Gasteiger partial charge on any atom is 0.407 e. The lowest BCUT2D eigenvalue weighted by atomic mass is 9.98. The van der Waals surface area contributed by atoms with Crippen molar-refractivity contribution >= 4 is 18.0 Å². The van der Waals surface area contributed by atoms with Crippen LogP contribution in [0.3, 0.4) is 0 Å². The zero-order valence-electron chi connectivity index (χ0n) is 19.9. The quantitative estimate of drug-likeness (QED) is 0.421. The first-order valence-corrected chi connectivity index (χ1v) is 12.0. The summed E-state index contributed by atoms with van der Waals surface area (Å²) in [6.45, 7) is 4.34. The van der Waals surface area contributed by atoms with Crippen LogP contribution in [0.15, 0.2) is 48.5 Å². The maximum absolute atomic E-state index is 12.6. The van der Waals surface area contributed by atoms with Crippen LogP contribution in [0.25, 0.3) is 11.1 Å². The molecule has 3 N–H and O–H groups in total. The number of rotatable bonds is 12. The molecule has 182 valence electrons. The average Bonchev–Trinajstić information content (AvgIpc) is 3.13. The van der Waals surface area contributed by atoms with E-state index >= 15 is 0 Å². The SMILES string of the molecule is CCCC[C@@H](CC(=O)NCC(C)CC(=O)O)NC(=O)OCC1c2ccccc2-c2ccccc21. The Morgan fingerprint density at radius 2 is 1.62 bits per heavy atom. The van der Waals surface area contributed by atoms with Crippen LogP contribution in [-0.4, -0.2) is 42.3 Å². The van der Waals surface area contributed by atoms with Crippen molar-refractivity contribution in [1.82, 2.24) is 10.6 Å². The summed E-state index contributed by atoms with van der Waals surface area (Å²) in [5.41, 5.74) is 4.63. The molecule has 2 amide bonds. The van der Waals surface area contributed by atoms with Gasteiger partial charge in [0, 0.05) is 31.3 Å². The van der Waals surface area contributed by atoms with Crippen LogP contribution < -0.4 is 10.6 Å².